The van der Waals surface area contributed by atoms with Crippen LogP contribution in [0.4, 0.5) is 0 Å². The molecule has 0 saturated carbocycles. The zero-order valence-electron chi connectivity index (χ0n) is 42.3. The lowest BCUT2D eigenvalue weighted by molar-refractivity contribution is -0.151. The van der Waals surface area contributed by atoms with Gasteiger partial charge in [-0.05, 0) is 25.7 Å². The number of ether oxygens (including phenoxy) is 1. The molecule has 62 heavy (non-hydrogen) atoms. The summed E-state index contributed by atoms with van der Waals surface area (Å²) < 4.78 is 5.96. The molecular formula is C56H111NO5. The molecule has 370 valence electrons. The second-order valence-corrected chi connectivity index (χ2v) is 19.7. The van der Waals surface area contributed by atoms with Crippen LogP contribution in [0, 0.1) is 0 Å². The van der Waals surface area contributed by atoms with E-state index >= 15 is 0 Å². The van der Waals surface area contributed by atoms with Gasteiger partial charge in [-0.2, -0.15) is 0 Å². The predicted molar refractivity (Wildman–Crippen MR) is 269 cm³/mol. The number of amides is 1. The summed E-state index contributed by atoms with van der Waals surface area (Å²) in [5, 5.41) is 23.8. The SMILES string of the molecule is CCCCCCCCCCCCCCCCCCCC(CC(=O)NC(CO)C(O)CCCCCCCCCCCCC)OC(=O)CCCCCCCCCCCCCCCCC. The van der Waals surface area contributed by atoms with Crippen molar-refractivity contribution < 1.29 is 24.5 Å². The number of carbonyl (C=O) groups is 2. The lowest BCUT2D eigenvalue weighted by atomic mass is 10.0. The van der Waals surface area contributed by atoms with Crippen molar-refractivity contribution in [2.75, 3.05) is 6.61 Å². The van der Waals surface area contributed by atoms with Gasteiger partial charge < -0.3 is 20.3 Å². The molecule has 0 spiro atoms. The Morgan fingerprint density at radius 3 is 0.984 bits per heavy atom. The monoisotopic (exact) mass is 878 g/mol. The highest BCUT2D eigenvalue weighted by Crippen LogP contribution is 2.19. The van der Waals surface area contributed by atoms with Gasteiger partial charge in [0.05, 0.1) is 25.2 Å². The minimum atomic E-state index is -0.779. The summed E-state index contributed by atoms with van der Waals surface area (Å²) in [6.45, 7) is 6.52. The summed E-state index contributed by atoms with van der Waals surface area (Å²) in [4.78, 5) is 26.2. The van der Waals surface area contributed by atoms with E-state index in [1.807, 2.05) is 0 Å². The van der Waals surface area contributed by atoms with Gasteiger partial charge in [0.15, 0.2) is 0 Å². The van der Waals surface area contributed by atoms with Crippen molar-refractivity contribution >= 4 is 11.9 Å². The summed E-state index contributed by atoms with van der Waals surface area (Å²) in [7, 11) is 0. The number of carbonyl (C=O) groups excluding carboxylic acids is 2. The lowest BCUT2D eigenvalue weighted by Crippen LogP contribution is -2.46. The molecule has 0 aliphatic rings. The van der Waals surface area contributed by atoms with E-state index < -0.39 is 18.2 Å². The highest BCUT2D eigenvalue weighted by molar-refractivity contribution is 5.77. The van der Waals surface area contributed by atoms with Crippen molar-refractivity contribution in [1.82, 2.24) is 5.32 Å². The van der Waals surface area contributed by atoms with Crippen molar-refractivity contribution in [1.29, 1.82) is 0 Å². The maximum absolute atomic E-state index is 13.2. The Bertz CT molecular complexity index is 898. The first kappa shape index (κ1) is 60.9. The Morgan fingerprint density at radius 2 is 0.677 bits per heavy atom. The van der Waals surface area contributed by atoms with Crippen molar-refractivity contribution in [2.24, 2.45) is 0 Å². The number of esters is 1. The summed E-state index contributed by atoms with van der Waals surface area (Å²) in [5.41, 5.74) is 0. The molecule has 0 aromatic carbocycles. The van der Waals surface area contributed by atoms with Gasteiger partial charge >= 0.3 is 5.97 Å². The molecule has 0 fully saturated rings. The van der Waals surface area contributed by atoms with Crippen LogP contribution in [0.25, 0.3) is 0 Å². The molecule has 3 atom stereocenters. The van der Waals surface area contributed by atoms with Crippen molar-refractivity contribution in [3.05, 3.63) is 0 Å². The Kier molecular flexibility index (Phi) is 49.9. The van der Waals surface area contributed by atoms with Crippen LogP contribution in [0.3, 0.4) is 0 Å². The molecule has 0 aromatic heterocycles. The third-order valence-corrected chi connectivity index (χ3v) is 13.4. The molecule has 0 saturated heterocycles. The van der Waals surface area contributed by atoms with Gasteiger partial charge in [-0.3, -0.25) is 9.59 Å². The molecule has 1 amide bonds. The molecule has 0 bridgehead atoms. The summed E-state index contributed by atoms with van der Waals surface area (Å²) in [5.74, 6) is -0.446. The molecule has 3 N–H and O–H groups in total. The highest BCUT2D eigenvalue weighted by atomic mass is 16.5. The zero-order chi connectivity index (χ0) is 45.2. The molecule has 0 heterocycles. The zero-order valence-corrected chi connectivity index (χ0v) is 42.3. The second-order valence-electron chi connectivity index (χ2n) is 19.7. The van der Waals surface area contributed by atoms with Gasteiger partial charge in [0.1, 0.15) is 6.10 Å². The van der Waals surface area contributed by atoms with E-state index in [0.29, 0.717) is 19.3 Å². The topological polar surface area (TPSA) is 95.9 Å². The first-order chi connectivity index (χ1) is 30.5. The summed E-state index contributed by atoms with van der Waals surface area (Å²) in [6, 6.07) is -0.692. The first-order valence-electron chi connectivity index (χ1n) is 28.3. The fourth-order valence-electron chi connectivity index (χ4n) is 9.14. The quantitative estimate of drug-likeness (QED) is 0.0418. The third kappa shape index (κ3) is 45.4. The van der Waals surface area contributed by atoms with Gasteiger partial charge in [-0.1, -0.05) is 284 Å². The fourth-order valence-corrected chi connectivity index (χ4v) is 9.14. The van der Waals surface area contributed by atoms with Crippen molar-refractivity contribution in [3.63, 3.8) is 0 Å². The van der Waals surface area contributed by atoms with E-state index in [-0.39, 0.29) is 24.9 Å². The maximum atomic E-state index is 13.2. The van der Waals surface area contributed by atoms with E-state index in [0.717, 1.165) is 38.5 Å². The summed E-state index contributed by atoms with van der Waals surface area (Å²) in [6.07, 6.45) is 56.0. The average molecular weight is 879 g/mol. The molecule has 0 aliphatic heterocycles. The largest absolute Gasteiger partial charge is 0.462 e. The normalized spacial score (nSPS) is 13.0. The molecule has 0 aromatic rings. The van der Waals surface area contributed by atoms with Gasteiger partial charge in [0.2, 0.25) is 5.91 Å². The number of rotatable bonds is 52. The van der Waals surface area contributed by atoms with Crippen molar-refractivity contribution in [3.8, 4) is 0 Å². The van der Waals surface area contributed by atoms with E-state index in [9.17, 15) is 19.8 Å². The molecule has 0 radical (unpaired) electrons. The minimum absolute atomic E-state index is 0.0884. The van der Waals surface area contributed by atoms with Crippen LogP contribution >= 0.6 is 0 Å². The van der Waals surface area contributed by atoms with Crippen LogP contribution in [0.1, 0.15) is 323 Å². The Balaban J connectivity index is 4.50. The van der Waals surface area contributed by atoms with Gasteiger partial charge in [-0.15, -0.1) is 0 Å². The smallest absolute Gasteiger partial charge is 0.306 e. The van der Waals surface area contributed by atoms with Crippen LogP contribution in [0.15, 0.2) is 0 Å². The van der Waals surface area contributed by atoms with Crippen molar-refractivity contribution in [2.45, 2.75) is 341 Å². The van der Waals surface area contributed by atoms with Gasteiger partial charge in [-0.25, -0.2) is 0 Å². The highest BCUT2D eigenvalue weighted by Gasteiger charge is 2.24. The number of aliphatic hydroxyl groups is 2. The average Bonchev–Trinajstić information content (AvgIpc) is 3.26. The van der Waals surface area contributed by atoms with Crippen LogP contribution in [0.2, 0.25) is 0 Å². The van der Waals surface area contributed by atoms with Crippen LogP contribution in [-0.2, 0) is 14.3 Å². The number of aliphatic hydroxyl groups excluding tert-OH is 2. The third-order valence-electron chi connectivity index (χ3n) is 13.4. The number of hydrogen-bond acceptors (Lipinski definition) is 5. The van der Waals surface area contributed by atoms with Gasteiger partial charge in [0.25, 0.3) is 0 Å². The van der Waals surface area contributed by atoms with E-state index in [1.54, 1.807) is 0 Å². The van der Waals surface area contributed by atoms with Crippen LogP contribution in [-0.4, -0.2) is 46.9 Å². The number of hydrogen-bond donors (Lipinski definition) is 3. The Morgan fingerprint density at radius 1 is 0.403 bits per heavy atom. The first-order valence-corrected chi connectivity index (χ1v) is 28.3. The van der Waals surface area contributed by atoms with Crippen LogP contribution in [0.5, 0.6) is 0 Å². The summed E-state index contributed by atoms with van der Waals surface area (Å²) >= 11 is 0. The molecule has 6 heteroatoms. The molecular weight excluding hydrogens is 767 g/mol. The molecule has 0 rings (SSSR count). The predicted octanol–water partition coefficient (Wildman–Crippen LogP) is 17.1. The Labute approximate surface area is 387 Å². The Hall–Kier alpha value is -1.14. The van der Waals surface area contributed by atoms with E-state index in [2.05, 4.69) is 26.1 Å². The number of nitrogens with one attached hydrogen (secondary N) is 1. The van der Waals surface area contributed by atoms with Gasteiger partial charge in [0, 0.05) is 6.42 Å². The standard InChI is InChI=1S/C56H111NO5/c1-4-7-10-13-16-19-22-24-26-27-29-30-33-35-38-41-44-47-52(62-56(61)49-46-43-40-37-34-31-28-25-23-20-17-14-11-8-5-2)50-55(60)57-53(51-58)54(59)48-45-42-39-36-32-21-18-15-12-9-6-3/h52-54,58-59H,4-51H2,1-3H3,(H,57,60). The molecule has 0 aliphatic carbocycles. The van der Waals surface area contributed by atoms with E-state index in [1.165, 1.54) is 238 Å². The van der Waals surface area contributed by atoms with Crippen LogP contribution < -0.4 is 5.32 Å². The van der Waals surface area contributed by atoms with E-state index in [4.69, 9.17) is 4.74 Å². The lowest BCUT2D eigenvalue weighted by Gasteiger charge is -2.24. The number of unbranched alkanes of at least 4 members (excludes halogenated alkanes) is 40. The molecule has 3 unspecified atom stereocenters. The fraction of sp³-hybridized carbons (Fsp3) is 0.964. The minimum Gasteiger partial charge on any atom is -0.462 e. The molecule has 6 nitrogen and oxygen atoms in total. The second kappa shape index (κ2) is 50.9. The maximum Gasteiger partial charge on any atom is 0.306 e.